The van der Waals surface area contributed by atoms with Crippen LogP contribution >= 0.6 is 0 Å². The first-order chi connectivity index (χ1) is 5.26. The number of hydrogen-bond donors (Lipinski definition) is 2. The highest BCUT2D eigenvalue weighted by atomic mass is 16.2. The zero-order valence-corrected chi connectivity index (χ0v) is 7.48. The average Bonchev–Trinajstić information content (AvgIpc) is 2.03. The van der Waals surface area contributed by atoms with Crippen LogP contribution in [0, 0.1) is 0 Å². The average molecular weight is 159 g/mol. The Morgan fingerprint density at radius 2 is 2.09 bits per heavy atom. The lowest BCUT2D eigenvalue weighted by Gasteiger charge is -2.20. The summed E-state index contributed by atoms with van der Waals surface area (Å²) in [6.45, 7) is 3.44. The second kappa shape index (κ2) is 5.97. The third kappa shape index (κ3) is 3.83. The lowest BCUT2D eigenvalue weighted by molar-refractivity contribution is 0.197. The van der Waals surface area contributed by atoms with Gasteiger partial charge in [-0.05, 0) is 13.5 Å². The smallest absolute Gasteiger partial charge is 0.318 e. The second-order valence-corrected chi connectivity index (χ2v) is 2.33. The molecule has 0 saturated heterocycles. The number of hydrogen-bond acceptors (Lipinski definition) is 2. The molecule has 0 aromatic heterocycles. The van der Waals surface area contributed by atoms with Crippen molar-refractivity contribution in [2.24, 2.45) is 0 Å². The van der Waals surface area contributed by atoms with Crippen LogP contribution in [0.1, 0.15) is 13.3 Å². The van der Waals surface area contributed by atoms with E-state index in [2.05, 4.69) is 10.6 Å². The third-order valence-corrected chi connectivity index (χ3v) is 1.34. The number of carbonyl (C=O) groups excluding carboxylic acids is 1. The van der Waals surface area contributed by atoms with E-state index in [9.17, 15) is 4.79 Å². The molecule has 2 N–H and O–H groups in total. The third-order valence-electron chi connectivity index (χ3n) is 1.34. The number of nitrogens with one attached hydrogen (secondary N) is 2. The summed E-state index contributed by atoms with van der Waals surface area (Å²) in [6, 6.07) is -0.0267. The fourth-order valence-electron chi connectivity index (χ4n) is 0.871. The Morgan fingerprint density at radius 3 is 2.45 bits per heavy atom. The Morgan fingerprint density at radius 1 is 1.45 bits per heavy atom. The second-order valence-electron chi connectivity index (χ2n) is 2.33. The van der Waals surface area contributed by atoms with Crippen LogP contribution in [0.25, 0.3) is 0 Å². The monoisotopic (exact) mass is 159 g/mol. The molecule has 0 radical (unpaired) electrons. The van der Waals surface area contributed by atoms with Crippen molar-refractivity contribution in [1.29, 1.82) is 0 Å². The summed E-state index contributed by atoms with van der Waals surface area (Å²) in [5, 5.41) is 5.51. The number of amides is 2. The molecule has 66 valence electrons. The van der Waals surface area contributed by atoms with Crippen molar-refractivity contribution in [1.82, 2.24) is 15.5 Å². The molecule has 0 aliphatic carbocycles. The summed E-state index contributed by atoms with van der Waals surface area (Å²) in [5.74, 6) is 0. The quantitative estimate of drug-likeness (QED) is 0.576. The summed E-state index contributed by atoms with van der Waals surface area (Å²) in [7, 11) is 3.46. The molecular weight excluding hydrogens is 142 g/mol. The Balaban J connectivity index is 3.76. The van der Waals surface area contributed by atoms with Gasteiger partial charge in [-0.1, -0.05) is 6.92 Å². The molecule has 0 bridgehead atoms. The minimum absolute atomic E-state index is 0.0267. The highest BCUT2D eigenvalue weighted by Gasteiger charge is 2.07. The van der Waals surface area contributed by atoms with Gasteiger partial charge in [-0.2, -0.15) is 0 Å². The summed E-state index contributed by atoms with van der Waals surface area (Å²) < 4.78 is 0. The molecule has 0 aliphatic rings. The molecule has 0 rings (SSSR count). The van der Waals surface area contributed by atoms with Gasteiger partial charge in [-0.3, -0.25) is 0 Å². The van der Waals surface area contributed by atoms with Gasteiger partial charge >= 0.3 is 6.03 Å². The van der Waals surface area contributed by atoms with Gasteiger partial charge in [-0.25, -0.2) is 4.79 Å². The maximum atomic E-state index is 11.1. The van der Waals surface area contributed by atoms with E-state index in [1.165, 1.54) is 0 Å². The highest BCUT2D eigenvalue weighted by molar-refractivity contribution is 5.73. The normalized spacial score (nSPS) is 9.36. The van der Waals surface area contributed by atoms with Gasteiger partial charge < -0.3 is 15.5 Å². The van der Waals surface area contributed by atoms with Gasteiger partial charge in [0.15, 0.2) is 0 Å². The Kier molecular flexibility index (Phi) is 5.56. The fraction of sp³-hybridized carbons (Fsp3) is 0.857. The number of nitrogens with zero attached hydrogens (tertiary/aromatic N) is 1. The molecule has 0 unspecified atom stereocenters. The van der Waals surface area contributed by atoms with E-state index in [0.29, 0.717) is 6.67 Å². The molecule has 4 nitrogen and oxygen atoms in total. The molecular formula is C7H17N3O. The van der Waals surface area contributed by atoms with Crippen molar-refractivity contribution in [2.75, 3.05) is 27.3 Å². The standard InChI is InChI=1S/C7H17N3O/c1-4-5-10(6-8-2)7(11)9-3/h8H,4-6H2,1-3H3,(H,9,11). The summed E-state index contributed by atoms with van der Waals surface area (Å²) in [5.41, 5.74) is 0. The molecule has 4 heteroatoms. The molecule has 0 saturated carbocycles. The van der Waals surface area contributed by atoms with Crippen LogP contribution in [0.5, 0.6) is 0 Å². The zero-order valence-electron chi connectivity index (χ0n) is 7.48. The topological polar surface area (TPSA) is 44.4 Å². The minimum atomic E-state index is -0.0267. The van der Waals surface area contributed by atoms with Gasteiger partial charge in [0.25, 0.3) is 0 Å². The summed E-state index contributed by atoms with van der Waals surface area (Å²) in [6.07, 6.45) is 0.981. The van der Waals surface area contributed by atoms with E-state index in [-0.39, 0.29) is 6.03 Å². The zero-order chi connectivity index (χ0) is 8.69. The van der Waals surface area contributed by atoms with Crippen LogP contribution in [0.15, 0.2) is 0 Å². The van der Waals surface area contributed by atoms with Crippen molar-refractivity contribution in [3.05, 3.63) is 0 Å². The first kappa shape index (κ1) is 10.2. The van der Waals surface area contributed by atoms with Crippen molar-refractivity contribution >= 4 is 6.03 Å². The van der Waals surface area contributed by atoms with E-state index in [1.54, 1.807) is 11.9 Å². The fourth-order valence-corrected chi connectivity index (χ4v) is 0.871. The molecule has 0 heterocycles. The van der Waals surface area contributed by atoms with Gasteiger partial charge in [0.05, 0.1) is 6.67 Å². The number of carbonyl (C=O) groups is 1. The first-order valence-corrected chi connectivity index (χ1v) is 3.87. The molecule has 2 amide bonds. The van der Waals surface area contributed by atoms with Crippen molar-refractivity contribution < 1.29 is 4.79 Å². The maximum absolute atomic E-state index is 11.1. The van der Waals surface area contributed by atoms with Gasteiger partial charge in [-0.15, -0.1) is 0 Å². The molecule has 11 heavy (non-hydrogen) atoms. The predicted octanol–water partition coefficient (Wildman–Crippen LogP) is 0.215. The molecule has 0 aliphatic heterocycles. The van der Waals surface area contributed by atoms with E-state index in [0.717, 1.165) is 13.0 Å². The van der Waals surface area contributed by atoms with E-state index >= 15 is 0 Å². The maximum Gasteiger partial charge on any atom is 0.318 e. The van der Waals surface area contributed by atoms with E-state index in [4.69, 9.17) is 0 Å². The highest BCUT2D eigenvalue weighted by Crippen LogP contribution is 1.88. The number of urea groups is 1. The van der Waals surface area contributed by atoms with Crippen LogP contribution < -0.4 is 10.6 Å². The van der Waals surface area contributed by atoms with E-state index in [1.807, 2.05) is 14.0 Å². The molecule has 0 atom stereocenters. The van der Waals surface area contributed by atoms with Gasteiger partial charge in [0, 0.05) is 13.6 Å². The minimum Gasteiger partial charge on any atom is -0.341 e. The Bertz CT molecular complexity index is 110. The van der Waals surface area contributed by atoms with Gasteiger partial charge in [0.1, 0.15) is 0 Å². The van der Waals surface area contributed by atoms with Crippen LogP contribution in [0.3, 0.4) is 0 Å². The lowest BCUT2D eigenvalue weighted by atomic mass is 10.4. The van der Waals surface area contributed by atoms with E-state index < -0.39 is 0 Å². The van der Waals surface area contributed by atoms with Crippen LogP contribution in [0.2, 0.25) is 0 Å². The van der Waals surface area contributed by atoms with Crippen molar-refractivity contribution in [2.45, 2.75) is 13.3 Å². The Hall–Kier alpha value is -0.770. The number of rotatable bonds is 4. The molecule has 0 aromatic rings. The molecule has 0 aromatic carbocycles. The lowest BCUT2D eigenvalue weighted by Crippen LogP contribution is -2.43. The van der Waals surface area contributed by atoms with Crippen molar-refractivity contribution in [3.63, 3.8) is 0 Å². The van der Waals surface area contributed by atoms with Crippen LogP contribution in [-0.4, -0.2) is 38.2 Å². The predicted molar refractivity (Wildman–Crippen MR) is 45.4 cm³/mol. The Labute approximate surface area is 67.9 Å². The van der Waals surface area contributed by atoms with Crippen molar-refractivity contribution in [3.8, 4) is 0 Å². The summed E-state index contributed by atoms with van der Waals surface area (Å²) >= 11 is 0. The largest absolute Gasteiger partial charge is 0.341 e. The summed E-state index contributed by atoms with van der Waals surface area (Å²) in [4.78, 5) is 12.8. The van der Waals surface area contributed by atoms with Gasteiger partial charge in [0.2, 0.25) is 0 Å². The molecule has 0 spiro atoms. The first-order valence-electron chi connectivity index (χ1n) is 3.87. The molecule has 0 fully saturated rings. The van der Waals surface area contributed by atoms with Crippen LogP contribution in [-0.2, 0) is 0 Å². The SMILES string of the molecule is CCCN(CNC)C(=O)NC. The van der Waals surface area contributed by atoms with Crippen LogP contribution in [0.4, 0.5) is 4.79 Å².